The predicted octanol–water partition coefficient (Wildman–Crippen LogP) is 4.08. The van der Waals surface area contributed by atoms with Gasteiger partial charge in [-0.25, -0.2) is 0 Å². The molecule has 0 aliphatic heterocycles. The first-order chi connectivity index (χ1) is 9.93. The molecule has 1 aromatic rings. The first-order valence-corrected chi connectivity index (χ1v) is 8.22. The second kappa shape index (κ2) is 4.12. The molecule has 0 N–H and O–H groups in total. The SMILES string of the molecule is CC1(C)C2CCC1(C)C(OC(=O)C1Cc3ccccc31)C2. The maximum Gasteiger partial charge on any atom is 0.314 e. The lowest BCUT2D eigenvalue weighted by molar-refractivity contribution is -0.159. The Morgan fingerprint density at radius 3 is 2.62 bits per heavy atom. The summed E-state index contributed by atoms with van der Waals surface area (Å²) in [7, 11) is 0. The lowest BCUT2D eigenvalue weighted by Gasteiger charge is -2.39. The van der Waals surface area contributed by atoms with Crippen LogP contribution in [0.3, 0.4) is 0 Å². The van der Waals surface area contributed by atoms with Gasteiger partial charge in [-0.2, -0.15) is 0 Å². The molecule has 1 aromatic carbocycles. The molecule has 4 unspecified atom stereocenters. The van der Waals surface area contributed by atoms with Crippen molar-refractivity contribution in [2.24, 2.45) is 16.7 Å². The molecule has 2 heteroatoms. The smallest absolute Gasteiger partial charge is 0.314 e. The van der Waals surface area contributed by atoms with E-state index in [1.807, 2.05) is 12.1 Å². The van der Waals surface area contributed by atoms with Gasteiger partial charge in [-0.3, -0.25) is 4.79 Å². The summed E-state index contributed by atoms with van der Waals surface area (Å²) in [5.74, 6) is 0.698. The maximum atomic E-state index is 12.6. The van der Waals surface area contributed by atoms with Gasteiger partial charge in [-0.15, -0.1) is 0 Å². The zero-order chi connectivity index (χ0) is 14.8. The molecular weight excluding hydrogens is 260 g/mol. The van der Waals surface area contributed by atoms with Gasteiger partial charge in [0.2, 0.25) is 0 Å². The molecule has 4 atom stereocenters. The van der Waals surface area contributed by atoms with Crippen molar-refractivity contribution in [3.8, 4) is 0 Å². The predicted molar refractivity (Wildman–Crippen MR) is 82.0 cm³/mol. The number of esters is 1. The van der Waals surface area contributed by atoms with Gasteiger partial charge < -0.3 is 4.74 Å². The van der Waals surface area contributed by atoms with Crippen molar-refractivity contribution in [3.05, 3.63) is 35.4 Å². The molecule has 0 saturated heterocycles. The zero-order valence-electron chi connectivity index (χ0n) is 13.2. The molecule has 3 aliphatic carbocycles. The molecule has 0 radical (unpaired) electrons. The van der Waals surface area contributed by atoms with Gasteiger partial charge in [0.25, 0.3) is 0 Å². The standard InChI is InChI=1S/C19H24O2/c1-18(2)13-8-9-19(18,3)16(11-13)21-17(20)15-10-12-6-4-5-7-14(12)15/h4-7,13,15-16H,8-11H2,1-3H3. The van der Waals surface area contributed by atoms with E-state index in [4.69, 9.17) is 4.74 Å². The molecule has 2 nitrogen and oxygen atoms in total. The number of hydrogen-bond acceptors (Lipinski definition) is 2. The van der Waals surface area contributed by atoms with Crippen molar-refractivity contribution in [1.29, 1.82) is 0 Å². The number of fused-ring (bicyclic) bond motifs is 3. The highest BCUT2D eigenvalue weighted by molar-refractivity contribution is 5.82. The van der Waals surface area contributed by atoms with E-state index in [2.05, 4.69) is 32.9 Å². The van der Waals surface area contributed by atoms with Crippen LogP contribution >= 0.6 is 0 Å². The van der Waals surface area contributed by atoms with Gasteiger partial charge in [0.1, 0.15) is 6.10 Å². The quantitative estimate of drug-likeness (QED) is 0.765. The zero-order valence-corrected chi connectivity index (χ0v) is 13.2. The van der Waals surface area contributed by atoms with Gasteiger partial charge >= 0.3 is 5.97 Å². The molecule has 2 saturated carbocycles. The van der Waals surface area contributed by atoms with Crippen molar-refractivity contribution in [1.82, 2.24) is 0 Å². The van der Waals surface area contributed by atoms with Gasteiger partial charge in [-0.1, -0.05) is 45.0 Å². The molecule has 0 amide bonds. The number of benzene rings is 1. The lowest BCUT2D eigenvalue weighted by Crippen LogP contribution is -2.40. The molecule has 2 fully saturated rings. The second-order valence-corrected chi connectivity index (χ2v) is 7.99. The van der Waals surface area contributed by atoms with Crippen LogP contribution in [0.1, 0.15) is 57.1 Å². The Bertz CT molecular complexity index is 603. The van der Waals surface area contributed by atoms with Gasteiger partial charge in [0, 0.05) is 5.41 Å². The molecule has 112 valence electrons. The second-order valence-electron chi connectivity index (χ2n) is 7.99. The molecule has 0 spiro atoms. The largest absolute Gasteiger partial charge is 0.461 e. The summed E-state index contributed by atoms with van der Waals surface area (Å²) in [5.41, 5.74) is 2.94. The fourth-order valence-corrected chi connectivity index (χ4v) is 5.00. The first kappa shape index (κ1) is 13.4. The van der Waals surface area contributed by atoms with Crippen LogP contribution in [0.2, 0.25) is 0 Å². The molecule has 0 aromatic heterocycles. The van der Waals surface area contributed by atoms with Crippen LogP contribution < -0.4 is 0 Å². The van der Waals surface area contributed by atoms with E-state index in [0.717, 1.165) is 12.8 Å². The molecule has 21 heavy (non-hydrogen) atoms. The molecule has 3 aliphatic rings. The van der Waals surface area contributed by atoms with E-state index < -0.39 is 0 Å². The Balaban J connectivity index is 1.50. The summed E-state index contributed by atoms with van der Waals surface area (Å²) >= 11 is 0. The Hall–Kier alpha value is -1.31. The summed E-state index contributed by atoms with van der Waals surface area (Å²) in [6.45, 7) is 7.04. The maximum absolute atomic E-state index is 12.6. The third-order valence-corrected chi connectivity index (χ3v) is 7.11. The summed E-state index contributed by atoms with van der Waals surface area (Å²) in [5, 5.41) is 0. The van der Waals surface area contributed by atoms with E-state index in [0.29, 0.717) is 11.3 Å². The normalized spacial score (nSPS) is 38.7. The van der Waals surface area contributed by atoms with Crippen LogP contribution in [0.5, 0.6) is 0 Å². The highest BCUT2D eigenvalue weighted by Gasteiger charge is 2.63. The van der Waals surface area contributed by atoms with E-state index in [9.17, 15) is 4.79 Å². The minimum atomic E-state index is -0.0213. The van der Waals surface area contributed by atoms with Crippen molar-refractivity contribution in [3.63, 3.8) is 0 Å². The van der Waals surface area contributed by atoms with Crippen LogP contribution in [0.4, 0.5) is 0 Å². The number of hydrogen-bond donors (Lipinski definition) is 0. The Morgan fingerprint density at radius 2 is 2.00 bits per heavy atom. The van der Waals surface area contributed by atoms with E-state index in [1.54, 1.807) is 0 Å². The summed E-state index contributed by atoms with van der Waals surface area (Å²) in [4.78, 5) is 12.6. The van der Waals surface area contributed by atoms with Crippen LogP contribution in [-0.4, -0.2) is 12.1 Å². The molecule has 2 bridgehead atoms. The van der Waals surface area contributed by atoms with E-state index in [-0.39, 0.29) is 23.4 Å². The summed E-state index contributed by atoms with van der Waals surface area (Å²) < 4.78 is 6.01. The first-order valence-electron chi connectivity index (χ1n) is 8.22. The highest BCUT2D eigenvalue weighted by Crippen LogP contribution is 2.66. The summed E-state index contributed by atoms with van der Waals surface area (Å²) in [6, 6.07) is 8.23. The summed E-state index contributed by atoms with van der Waals surface area (Å²) in [6.07, 6.45) is 4.52. The van der Waals surface area contributed by atoms with Gasteiger partial charge in [-0.05, 0) is 48.1 Å². The van der Waals surface area contributed by atoms with Gasteiger partial charge in [0.05, 0.1) is 5.92 Å². The van der Waals surface area contributed by atoms with E-state index in [1.165, 1.54) is 24.0 Å². The minimum Gasteiger partial charge on any atom is -0.461 e. The minimum absolute atomic E-state index is 0.00303. The topological polar surface area (TPSA) is 26.3 Å². The number of carbonyl (C=O) groups excluding carboxylic acids is 1. The monoisotopic (exact) mass is 284 g/mol. The highest BCUT2D eigenvalue weighted by atomic mass is 16.5. The number of carbonyl (C=O) groups is 1. The molecule has 0 heterocycles. The fourth-order valence-electron chi connectivity index (χ4n) is 5.00. The van der Waals surface area contributed by atoms with Crippen molar-refractivity contribution >= 4 is 5.97 Å². The average Bonchev–Trinajstić information content (AvgIpc) is 2.73. The van der Waals surface area contributed by atoms with Crippen molar-refractivity contribution in [2.75, 3.05) is 0 Å². The van der Waals surface area contributed by atoms with Gasteiger partial charge in [0.15, 0.2) is 0 Å². The Kier molecular flexibility index (Phi) is 2.62. The lowest BCUT2D eigenvalue weighted by atomic mass is 9.70. The molecular formula is C19H24O2. The fraction of sp³-hybridized carbons (Fsp3) is 0.632. The van der Waals surface area contributed by atoms with Crippen LogP contribution in [-0.2, 0) is 16.0 Å². The average molecular weight is 284 g/mol. The molecule has 4 rings (SSSR count). The Morgan fingerprint density at radius 1 is 1.24 bits per heavy atom. The Labute approximate surface area is 126 Å². The van der Waals surface area contributed by atoms with E-state index >= 15 is 0 Å². The van der Waals surface area contributed by atoms with Crippen LogP contribution in [0, 0.1) is 16.7 Å². The third kappa shape index (κ3) is 1.62. The van der Waals surface area contributed by atoms with Crippen LogP contribution in [0.15, 0.2) is 24.3 Å². The number of rotatable bonds is 2. The van der Waals surface area contributed by atoms with Crippen molar-refractivity contribution < 1.29 is 9.53 Å². The number of ether oxygens (including phenoxy) is 1. The van der Waals surface area contributed by atoms with Crippen LogP contribution in [0.25, 0.3) is 0 Å². The van der Waals surface area contributed by atoms with Crippen molar-refractivity contribution in [2.45, 2.75) is 58.5 Å². The third-order valence-electron chi connectivity index (χ3n) is 7.11.